The Kier molecular flexibility index (Phi) is 11.7. The first-order chi connectivity index (χ1) is 13.0. The van der Waals surface area contributed by atoms with Crippen LogP contribution in [0, 0.1) is 23.7 Å². The second kappa shape index (κ2) is 12.6. The second-order valence-electron chi connectivity index (χ2n) is 9.11. The molecule has 0 amide bonds. The van der Waals surface area contributed by atoms with Crippen LogP contribution in [0.15, 0.2) is 48.6 Å². The summed E-state index contributed by atoms with van der Waals surface area (Å²) in [4.78, 5) is 0. The maximum atomic E-state index is 3.50. The summed E-state index contributed by atoms with van der Waals surface area (Å²) in [5, 5.41) is 7.00. The standard InChI is InChI=1S/C20H28Si.2C2H6N.Zr/c1-21(2,19-13-11-15-7-3-5-9-17(15)19)20-14-12-16-8-4-6-10-18(16)20;2*1-3-2;/h3-10,15-20H,11-14H2,1-2H3;2*1-2H3;/q;2*-1;+4. The predicted octanol–water partition coefficient (Wildman–Crippen LogP) is 6.98. The number of rotatable bonds is 2. The molecule has 28 heavy (non-hydrogen) atoms. The molecule has 4 aliphatic carbocycles. The van der Waals surface area contributed by atoms with Gasteiger partial charge in [-0.05, 0) is 47.6 Å². The van der Waals surface area contributed by atoms with Gasteiger partial charge in [0.05, 0.1) is 8.07 Å². The van der Waals surface area contributed by atoms with Crippen molar-refractivity contribution in [3.8, 4) is 0 Å². The van der Waals surface area contributed by atoms with Crippen LogP contribution in [-0.2, 0) is 26.2 Å². The third-order valence-electron chi connectivity index (χ3n) is 7.06. The third-order valence-corrected chi connectivity index (χ3v) is 12.2. The van der Waals surface area contributed by atoms with Crippen molar-refractivity contribution in [3.63, 3.8) is 0 Å². The van der Waals surface area contributed by atoms with Crippen LogP contribution >= 0.6 is 0 Å². The van der Waals surface area contributed by atoms with Crippen LogP contribution in [-0.4, -0.2) is 36.3 Å². The first-order valence-corrected chi connectivity index (χ1v) is 13.8. The zero-order valence-corrected chi connectivity index (χ0v) is 22.3. The van der Waals surface area contributed by atoms with Crippen LogP contribution in [0.2, 0.25) is 24.2 Å². The van der Waals surface area contributed by atoms with Gasteiger partial charge in [0.15, 0.2) is 0 Å². The van der Waals surface area contributed by atoms with Gasteiger partial charge in [0.1, 0.15) is 0 Å². The van der Waals surface area contributed by atoms with E-state index in [4.69, 9.17) is 0 Å². The minimum Gasteiger partial charge on any atom is -0.668 e. The Balaban J connectivity index is 0.000000502. The van der Waals surface area contributed by atoms with Crippen molar-refractivity contribution in [2.45, 2.75) is 49.9 Å². The summed E-state index contributed by atoms with van der Waals surface area (Å²) in [5.74, 6) is 3.43. The minimum absolute atomic E-state index is 0. The molecule has 4 aliphatic rings. The molecule has 0 bridgehead atoms. The smallest absolute Gasteiger partial charge is 0.668 e. The van der Waals surface area contributed by atoms with E-state index in [9.17, 15) is 0 Å². The Hall–Kier alpha value is -0.0200. The largest absolute Gasteiger partial charge is 4.00 e. The molecule has 2 nitrogen and oxygen atoms in total. The van der Waals surface area contributed by atoms with E-state index in [0.29, 0.717) is 0 Å². The van der Waals surface area contributed by atoms with Crippen molar-refractivity contribution >= 4 is 8.07 Å². The van der Waals surface area contributed by atoms with Gasteiger partial charge < -0.3 is 10.6 Å². The molecule has 0 N–H and O–H groups in total. The summed E-state index contributed by atoms with van der Waals surface area (Å²) in [6, 6.07) is 0. The van der Waals surface area contributed by atoms with Gasteiger partial charge in [-0.1, -0.05) is 74.5 Å². The number of hydrogen-bond donors (Lipinski definition) is 0. The summed E-state index contributed by atoms with van der Waals surface area (Å²) in [6.07, 6.45) is 25.1. The van der Waals surface area contributed by atoms with E-state index in [1.165, 1.54) is 25.7 Å². The fourth-order valence-corrected chi connectivity index (χ4v) is 11.0. The number of allylic oxidation sites excluding steroid dienone is 8. The van der Waals surface area contributed by atoms with Crippen molar-refractivity contribution in [2.24, 2.45) is 23.7 Å². The van der Waals surface area contributed by atoms with Crippen molar-refractivity contribution < 1.29 is 26.2 Å². The topological polar surface area (TPSA) is 28.2 Å². The molecule has 4 rings (SSSR count). The zero-order valence-electron chi connectivity index (χ0n) is 18.8. The van der Waals surface area contributed by atoms with E-state index in [0.717, 1.165) is 34.8 Å². The van der Waals surface area contributed by atoms with Crippen LogP contribution in [0.5, 0.6) is 0 Å². The van der Waals surface area contributed by atoms with Gasteiger partial charge in [0.25, 0.3) is 0 Å². The summed E-state index contributed by atoms with van der Waals surface area (Å²) < 4.78 is 0. The van der Waals surface area contributed by atoms with Gasteiger partial charge in [-0.3, -0.25) is 0 Å². The molecule has 0 radical (unpaired) electrons. The first-order valence-electron chi connectivity index (χ1n) is 10.7. The molecule has 0 aromatic heterocycles. The Morgan fingerprint density at radius 2 is 0.929 bits per heavy atom. The number of hydrogen-bond acceptors (Lipinski definition) is 0. The van der Waals surface area contributed by atoms with Crippen molar-refractivity contribution in [1.29, 1.82) is 0 Å². The molecular formula is C24H40N2SiZr+2. The first kappa shape index (κ1) is 26.0. The number of fused-ring (bicyclic) bond motifs is 2. The minimum atomic E-state index is -1.22. The van der Waals surface area contributed by atoms with Gasteiger partial charge in [0.2, 0.25) is 0 Å². The van der Waals surface area contributed by atoms with Gasteiger partial charge in [0, 0.05) is 0 Å². The molecule has 0 aromatic rings. The van der Waals surface area contributed by atoms with Gasteiger partial charge in [-0.25, -0.2) is 0 Å². The van der Waals surface area contributed by atoms with Gasteiger partial charge in [-0.2, -0.15) is 28.2 Å². The molecule has 2 fully saturated rings. The second-order valence-corrected chi connectivity index (χ2v) is 14.2. The number of nitrogens with zero attached hydrogens (tertiary/aromatic N) is 2. The fourth-order valence-electron chi connectivity index (χ4n) is 5.92. The van der Waals surface area contributed by atoms with Crippen molar-refractivity contribution in [2.75, 3.05) is 28.2 Å². The summed E-state index contributed by atoms with van der Waals surface area (Å²) in [7, 11) is 5.78. The normalized spacial score (nSPS) is 34.4. The van der Waals surface area contributed by atoms with E-state index in [2.05, 4.69) is 72.3 Å². The van der Waals surface area contributed by atoms with E-state index in [-0.39, 0.29) is 26.2 Å². The van der Waals surface area contributed by atoms with Crippen LogP contribution in [0.1, 0.15) is 25.7 Å². The molecule has 0 heterocycles. The monoisotopic (exact) mass is 474 g/mol. The van der Waals surface area contributed by atoms with E-state index in [1.54, 1.807) is 28.2 Å². The molecule has 0 saturated heterocycles. The molecule has 4 heteroatoms. The van der Waals surface area contributed by atoms with Crippen molar-refractivity contribution in [3.05, 3.63) is 59.2 Å². The molecule has 6 atom stereocenters. The SMILES string of the molecule is C[N-]C.C[N-]C.C[Si](C)(C1CCC2C=CC=CC21)C1CCC2C=CC=CC21.[Zr+4]. The Morgan fingerprint density at radius 1 is 0.607 bits per heavy atom. The maximum absolute atomic E-state index is 3.50. The molecule has 2 saturated carbocycles. The average molecular weight is 476 g/mol. The Labute approximate surface area is 194 Å². The quantitative estimate of drug-likeness (QED) is 0.385. The van der Waals surface area contributed by atoms with E-state index >= 15 is 0 Å². The van der Waals surface area contributed by atoms with E-state index < -0.39 is 8.07 Å². The maximum Gasteiger partial charge on any atom is 4.00 e. The van der Waals surface area contributed by atoms with Crippen LogP contribution in [0.3, 0.4) is 0 Å². The summed E-state index contributed by atoms with van der Waals surface area (Å²) in [6.45, 7) is 5.43. The summed E-state index contributed by atoms with van der Waals surface area (Å²) in [5.41, 5.74) is 2.01. The van der Waals surface area contributed by atoms with Gasteiger partial charge >= 0.3 is 26.2 Å². The molecule has 152 valence electrons. The Bertz CT molecular complexity index is 519. The molecular weight excluding hydrogens is 436 g/mol. The molecule has 0 aliphatic heterocycles. The van der Waals surface area contributed by atoms with Crippen LogP contribution < -0.4 is 0 Å². The molecule has 6 unspecified atom stereocenters. The molecule has 0 spiro atoms. The van der Waals surface area contributed by atoms with Crippen LogP contribution in [0.25, 0.3) is 10.6 Å². The third kappa shape index (κ3) is 6.00. The zero-order chi connectivity index (χ0) is 19.9. The molecule has 0 aromatic carbocycles. The Morgan fingerprint density at radius 3 is 1.29 bits per heavy atom. The van der Waals surface area contributed by atoms with Gasteiger partial charge in [-0.15, -0.1) is 0 Å². The average Bonchev–Trinajstić information content (AvgIpc) is 3.28. The fraction of sp³-hybridized carbons (Fsp3) is 0.667. The summed E-state index contributed by atoms with van der Waals surface area (Å²) >= 11 is 0. The van der Waals surface area contributed by atoms with Crippen molar-refractivity contribution in [1.82, 2.24) is 0 Å². The predicted molar refractivity (Wildman–Crippen MR) is 124 cm³/mol. The van der Waals surface area contributed by atoms with Crippen LogP contribution in [0.4, 0.5) is 0 Å². The van der Waals surface area contributed by atoms with E-state index in [1.807, 2.05) is 0 Å².